The molecule has 2 N–H and O–H groups in total. The van der Waals surface area contributed by atoms with Gasteiger partial charge in [-0.15, -0.1) is 0 Å². The van der Waals surface area contributed by atoms with Crippen LogP contribution in [0.2, 0.25) is 0 Å². The molecule has 0 aromatic carbocycles. The minimum absolute atomic E-state index is 0.139. The zero-order chi connectivity index (χ0) is 9.80. The summed E-state index contributed by atoms with van der Waals surface area (Å²) in [5.41, 5.74) is 1.33. The summed E-state index contributed by atoms with van der Waals surface area (Å²) in [6, 6.07) is 0.304. The number of aliphatic hydroxyl groups excluding tert-OH is 1. The van der Waals surface area contributed by atoms with Crippen LogP contribution in [0.3, 0.4) is 0 Å². The minimum Gasteiger partial charge on any atom is -0.392 e. The van der Waals surface area contributed by atoms with Gasteiger partial charge in [-0.1, -0.05) is 6.08 Å². The molecule has 1 saturated carbocycles. The maximum absolute atomic E-state index is 9.61. The predicted molar refractivity (Wildman–Crippen MR) is 55.2 cm³/mol. The molecular weight excluding hydrogens is 178 g/mol. The van der Waals surface area contributed by atoms with Crippen molar-refractivity contribution in [2.75, 3.05) is 19.8 Å². The van der Waals surface area contributed by atoms with E-state index >= 15 is 0 Å². The van der Waals surface area contributed by atoms with Gasteiger partial charge in [-0.2, -0.15) is 0 Å². The first kappa shape index (κ1) is 10.1. The Balaban J connectivity index is 1.73. The Bertz CT molecular complexity index is 215. The van der Waals surface area contributed by atoms with Crippen LogP contribution in [0.15, 0.2) is 11.6 Å². The molecule has 0 unspecified atom stereocenters. The van der Waals surface area contributed by atoms with Gasteiger partial charge in [0.25, 0.3) is 0 Å². The van der Waals surface area contributed by atoms with Crippen LogP contribution in [-0.4, -0.2) is 37.0 Å². The molecule has 3 nitrogen and oxygen atoms in total. The third-order valence-corrected chi connectivity index (χ3v) is 3.05. The van der Waals surface area contributed by atoms with Crippen LogP contribution in [0, 0.1) is 0 Å². The van der Waals surface area contributed by atoms with Crippen molar-refractivity contribution in [2.45, 2.75) is 37.8 Å². The molecule has 14 heavy (non-hydrogen) atoms. The maximum atomic E-state index is 9.61. The molecular formula is C11H19NO2. The fourth-order valence-electron chi connectivity index (χ4n) is 2.17. The van der Waals surface area contributed by atoms with Crippen molar-refractivity contribution < 1.29 is 9.84 Å². The van der Waals surface area contributed by atoms with E-state index in [9.17, 15) is 5.11 Å². The fraction of sp³-hybridized carbons (Fsp3) is 0.818. The van der Waals surface area contributed by atoms with Crippen molar-refractivity contribution in [2.24, 2.45) is 0 Å². The zero-order valence-corrected chi connectivity index (χ0v) is 8.54. The Kier molecular flexibility index (Phi) is 3.56. The molecule has 1 aliphatic heterocycles. The van der Waals surface area contributed by atoms with Crippen molar-refractivity contribution in [1.29, 1.82) is 0 Å². The van der Waals surface area contributed by atoms with Crippen LogP contribution < -0.4 is 5.32 Å². The van der Waals surface area contributed by atoms with Gasteiger partial charge in [-0.3, -0.25) is 0 Å². The number of aliphatic hydroxyl groups is 1. The molecule has 0 spiro atoms. The van der Waals surface area contributed by atoms with E-state index in [1.54, 1.807) is 0 Å². The average molecular weight is 197 g/mol. The summed E-state index contributed by atoms with van der Waals surface area (Å²) in [7, 11) is 0. The lowest BCUT2D eigenvalue weighted by molar-refractivity contribution is 0.139. The summed E-state index contributed by atoms with van der Waals surface area (Å²) in [4.78, 5) is 0. The molecule has 3 heteroatoms. The van der Waals surface area contributed by atoms with E-state index in [1.165, 1.54) is 5.57 Å². The van der Waals surface area contributed by atoms with E-state index in [4.69, 9.17) is 4.74 Å². The molecule has 2 atom stereocenters. The Morgan fingerprint density at radius 1 is 1.50 bits per heavy atom. The SMILES string of the molecule is O[C@@H]1CCC[C@H]1NCC1=CCCOC1. The van der Waals surface area contributed by atoms with Gasteiger partial charge in [0, 0.05) is 12.6 Å². The number of ether oxygens (including phenoxy) is 1. The van der Waals surface area contributed by atoms with Crippen molar-refractivity contribution in [1.82, 2.24) is 5.32 Å². The van der Waals surface area contributed by atoms with Gasteiger partial charge in [0.05, 0.1) is 19.3 Å². The lowest BCUT2D eigenvalue weighted by Gasteiger charge is -2.19. The third-order valence-electron chi connectivity index (χ3n) is 3.05. The lowest BCUT2D eigenvalue weighted by Crippen LogP contribution is -2.37. The third kappa shape index (κ3) is 2.56. The Morgan fingerprint density at radius 2 is 2.43 bits per heavy atom. The highest BCUT2D eigenvalue weighted by atomic mass is 16.5. The molecule has 0 radical (unpaired) electrons. The van der Waals surface area contributed by atoms with Gasteiger partial charge >= 0.3 is 0 Å². The molecule has 80 valence electrons. The van der Waals surface area contributed by atoms with Gasteiger partial charge in [0.15, 0.2) is 0 Å². The minimum atomic E-state index is -0.139. The molecule has 2 rings (SSSR count). The highest BCUT2D eigenvalue weighted by molar-refractivity contribution is 5.07. The topological polar surface area (TPSA) is 41.5 Å². The molecule has 0 amide bonds. The highest BCUT2D eigenvalue weighted by Crippen LogP contribution is 2.19. The summed E-state index contributed by atoms with van der Waals surface area (Å²) in [5, 5.41) is 13.0. The quantitative estimate of drug-likeness (QED) is 0.659. The Labute approximate surface area is 85.1 Å². The van der Waals surface area contributed by atoms with Crippen LogP contribution in [0.5, 0.6) is 0 Å². The summed E-state index contributed by atoms with van der Waals surface area (Å²) in [6.45, 7) is 2.49. The van der Waals surface area contributed by atoms with E-state index in [-0.39, 0.29) is 6.10 Å². The number of rotatable bonds is 3. The second-order valence-corrected chi connectivity index (χ2v) is 4.19. The molecule has 0 saturated heterocycles. The largest absolute Gasteiger partial charge is 0.392 e. The highest BCUT2D eigenvalue weighted by Gasteiger charge is 2.24. The average Bonchev–Trinajstić information content (AvgIpc) is 2.63. The number of hydrogen-bond acceptors (Lipinski definition) is 3. The smallest absolute Gasteiger partial charge is 0.0693 e. The van der Waals surface area contributed by atoms with Gasteiger partial charge in [-0.25, -0.2) is 0 Å². The monoisotopic (exact) mass is 197 g/mol. The molecule has 1 aliphatic carbocycles. The van der Waals surface area contributed by atoms with Gasteiger partial charge in [-0.05, 0) is 31.3 Å². The van der Waals surface area contributed by atoms with E-state index in [2.05, 4.69) is 11.4 Å². The van der Waals surface area contributed by atoms with E-state index in [1.807, 2.05) is 0 Å². The number of hydrogen-bond donors (Lipinski definition) is 2. The summed E-state index contributed by atoms with van der Waals surface area (Å²) < 4.78 is 5.35. The van der Waals surface area contributed by atoms with E-state index < -0.39 is 0 Å². The first-order valence-corrected chi connectivity index (χ1v) is 5.53. The number of nitrogens with one attached hydrogen (secondary N) is 1. The Hall–Kier alpha value is -0.380. The first-order chi connectivity index (χ1) is 6.86. The normalized spacial score (nSPS) is 33.1. The predicted octanol–water partition coefficient (Wildman–Crippen LogP) is 0.836. The van der Waals surface area contributed by atoms with Crippen LogP contribution in [-0.2, 0) is 4.74 Å². The van der Waals surface area contributed by atoms with E-state index in [0.717, 1.165) is 45.4 Å². The van der Waals surface area contributed by atoms with Crippen molar-refractivity contribution in [3.63, 3.8) is 0 Å². The zero-order valence-electron chi connectivity index (χ0n) is 8.54. The summed E-state index contributed by atoms with van der Waals surface area (Å²) in [5.74, 6) is 0. The fourth-order valence-corrected chi connectivity index (χ4v) is 2.17. The van der Waals surface area contributed by atoms with Gasteiger partial charge in [0.2, 0.25) is 0 Å². The van der Waals surface area contributed by atoms with Gasteiger partial charge < -0.3 is 15.2 Å². The first-order valence-electron chi connectivity index (χ1n) is 5.53. The second kappa shape index (κ2) is 4.91. The Morgan fingerprint density at radius 3 is 3.07 bits per heavy atom. The lowest BCUT2D eigenvalue weighted by atomic mass is 10.1. The van der Waals surface area contributed by atoms with Crippen molar-refractivity contribution in [3.8, 4) is 0 Å². The maximum Gasteiger partial charge on any atom is 0.0693 e. The molecule has 2 aliphatic rings. The molecule has 0 bridgehead atoms. The second-order valence-electron chi connectivity index (χ2n) is 4.19. The summed E-state index contributed by atoms with van der Waals surface area (Å²) >= 11 is 0. The van der Waals surface area contributed by atoms with Crippen molar-refractivity contribution in [3.05, 3.63) is 11.6 Å². The van der Waals surface area contributed by atoms with E-state index in [0.29, 0.717) is 6.04 Å². The van der Waals surface area contributed by atoms with Crippen LogP contribution in [0.25, 0.3) is 0 Å². The standard InChI is InChI=1S/C11H19NO2/c13-11-5-1-4-10(11)12-7-9-3-2-6-14-8-9/h3,10-13H,1-2,4-8H2/t10-,11-/m1/s1. The molecule has 0 aromatic rings. The summed E-state index contributed by atoms with van der Waals surface area (Å²) in [6.07, 6.45) is 6.35. The van der Waals surface area contributed by atoms with Crippen LogP contribution in [0.1, 0.15) is 25.7 Å². The van der Waals surface area contributed by atoms with Crippen LogP contribution >= 0.6 is 0 Å². The van der Waals surface area contributed by atoms with Crippen LogP contribution in [0.4, 0.5) is 0 Å². The molecule has 1 heterocycles. The molecule has 1 fully saturated rings. The molecule has 0 aromatic heterocycles. The van der Waals surface area contributed by atoms with Crippen molar-refractivity contribution >= 4 is 0 Å². The van der Waals surface area contributed by atoms with Gasteiger partial charge in [0.1, 0.15) is 0 Å².